The summed E-state index contributed by atoms with van der Waals surface area (Å²) in [5.74, 6) is -0.597. The van der Waals surface area contributed by atoms with Crippen LogP contribution in [0.1, 0.15) is 0 Å². The van der Waals surface area contributed by atoms with Gasteiger partial charge in [0.05, 0.1) is 29.5 Å². The zero-order valence-corrected chi connectivity index (χ0v) is 15.1. The minimum Gasteiger partial charge on any atom is -0.378 e. The molecule has 1 saturated heterocycles. The molecule has 0 spiro atoms. The van der Waals surface area contributed by atoms with E-state index in [0.29, 0.717) is 32.0 Å². The average molecular weight is 415 g/mol. The third-order valence-corrected chi connectivity index (χ3v) is 5.52. The first-order chi connectivity index (χ1) is 11.5. The zero-order chi connectivity index (χ0) is 17.2. The van der Waals surface area contributed by atoms with E-state index < -0.39 is 15.8 Å². The van der Waals surface area contributed by atoms with E-state index in [0.717, 1.165) is 16.2 Å². The lowest BCUT2D eigenvalue weighted by Gasteiger charge is -2.30. The van der Waals surface area contributed by atoms with Crippen molar-refractivity contribution in [3.05, 3.63) is 52.8 Å². The highest BCUT2D eigenvalue weighted by Gasteiger charge is 2.20. The molecule has 24 heavy (non-hydrogen) atoms. The van der Waals surface area contributed by atoms with E-state index in [2.05, 4.69) is 25.6 Å². The number of halogens is 2. The van der Waals surface area contributed by atoms with Gasteiger partial charge in [-0.1, -0.05) is 22.0 Å². The molecule has 0 atom stereocenters. The summed E-state index contributed by atoms with van der Waals surface area (Å²) in [6.45, 7) is 2.53. The molecular formula is C16H16BrFN2O3S. The standard InChI is InChI=1S/C16H16BrFN2O3S/c17-12-4-5-16(20-6-8-23-9-7-20)15(10-12)19-24(21,22)14-3-1-2-13(18)11-14/h1-5,10-11,19H,6-9H2. The second-order valence-corrected chi connectivity index (χ2v) is 7.92. The van der Waals surface area contributed by atoms with Gasteiger partial charge in [-0.2, -0.15) is 0 Å². The lowest BCUT2D eigenvalue weighted by molar-refractivity contribution is 0.123. The summed E-state index contributed by atoms with van der Waals surface area (Å²) in [5.41, 5.74) is 1.21. The Morgan fingerprint density at radius 1 is 1.12 bits per heavy atom. The lowest BCUT2D eigenvalue weighted by atomic mass is 10.2. The van der Waals surface area contributed by atoms with Crippen molar-refractivity contribution >= 4 is 37.3 Å². The van der Waals surface area contributed by atoms with Gasteiger partial charge in [-0.25, -0.2) is 12.8 Å². The fraction of sp³-hybridized carbons (Fsp3) is 0.250. The topological polar surface area (TPSA) is 58.6 Å². The Labute approximate surface area is 148 Å². The van der Waals surface area contributed by atoms with E-state index >= 15 is 0 Å². The molecule has 0 aromatic heterocycles. The second-order valence-electron chi connectivity index (χ2n) is 5.32. The van der Waals surface area contributed by atoms with Crippen molar-refractivity contribution in [2.24, 2.45) is 0 Å². The van der Waals surface area contributed by atoms with E-state index in [4.69, 9.17) is 4.74 Å². The number of sulfonamides is 1. The van der Waals surface area contributed by atoms with E-state index in [9.17, 15) is 12.8 Å². The average Bonchev–Trinajstić information content (AvgIpc) is 2.55. The predicted octanol–water partition coefficient (Wildman–Crippen LogP) is 3.23. The molecule has 1 aliphatic heterocycles. The van der Waals surface area contributed by atoms with Gasteiger partial charge in [0.2, 0.25) is 0 Å². The van der Waals surface area contributed by atoms with Crippen LogP contribution in [0.25, 0.3) is 0 Å². The molecule has 3 rings (SSSR count). The highest BCUT2D eigenvalue weighted by molar-refractivity contribution is 9.10. The quantitative estimate of drug-likeness (QED) is 0.833. The molecule has 0 saturated carbocycles. The van der Waals surface area contributed by atoms with Gasteiger partial charge in [0.25, 0.3) is 10.0 Å². The van der Waals surface area contributed by atoms with E-state index in [1.807, 2.05) is 12.1 Å². The highest BCUT2D eigenvalue weighted by Crippen LogP contribution is 2.31. The van der Waals surface area contributed by atoms with Gasteiger partial charge in [0, 0.05) is 17.6 Å². The largest absolute Gasteiger partial charge is 0.378 e. The van der Waals surface area contributed by atoms with Crippen LogP contribution in [0.4, 0.5) is 15.8 Å². The first-order valence-electron chi connectivity index (χ1n) is 7.36. The van der Waals surface area contributed by atoms with Crippen molar-refractivity contribution in [3.63, 3.8) is 0 Å². The van der Waals surface area contributed by atoms with Gasteiger partial charge in [-0.3, -0.25) is 4.72 Å². The summed E-state index contributed by atoms with van der Waals surface area (Å²) in [6, 6.07) is 10.3. The number of morpholine rings is 1. The number of nitrogens with zero attached hydrogens (tertiary/aromatic N) is 1. The van der Waals surface area contributed by atoms with E-state index in [-0.39, 0.29) is 4.90 Å². The Hall–Kier alpha value is -1.64. The van der Waals surface area contributed by atoms with Crippen LogP contribution in [0.3, 0.4) is 0 Å². The number of anilines is 2. The Kier molecular flexibility index (Phi) is 5.07. The van der Waals surface area contributed by atoms with Crippen molar-refractivity contribution in [1.29, 1.82) is 0 Å². The maximum absolute atomic E-state index is 13.3. The van der Waals surface area contributed by atoms with Gasteiger partial charge in [-0.05, 0) is 36.4 Å². The minimum absolute atomic E-state index is 0.115. The summed E-state index contributed by atoms with van der Waals surface area (Å²) in [5, 5.41) is 0. The molecular weight excluding hydrogens is 399 g/mol. The molecule has 1 aliphatic rings. The van der Waals surface area contributed by atoms with Gasteiger partial charge < -0.3 is 9.64 Å². The zero-order valence-electron chi connectivity index (χ0n) is 12.7. The first kappa shape index (κ1) is 17.2. The van der Waals surface area contributed by atoms with Crippen molar-refractivity contribution in [3.8, 4) is 0 Å². The minimum atomic E-state index is -3.88. The number of rotatable bonds is 4. The van der Waals surface area contributed by atoms with Crippen molar-refractivity contribution in [2.75, 3.05) is 35.9 Å². The van der Waals surface area contributed by atoms with Gasteiger partial charge in [0.1, 0.15) is 5.82 Å². The fourth-order valence-corrected chi connectivity index (χ4v) is 3.97. The van der Waals surface area contributed by atoms with Crippen LogP contribution in [0, 0.1) is 5.82 Å². The third-order valence-electron chi connectivity index (χ3n) is 3.66. The highest BCUT2D eigenvalue weighted by atomic mass is 79.9. The SMILES string of the molecule is O=S(=O)(Nc1cc(Br)ccc1N1CCOCC1)c1cccc(F)c1. The van der Waals surface area contributed by atoms with Crippen LogP contribution in [0.2, 0.25) is 0 Å². The van der Waals surface area contributed by atoms with Crippen LogP contribution < -0.4 is 9.62 Å². The second kappa shape index (κ2) is 7.08. The Morgan fingerprint density at radius 3 is 2.58 bits per heavy atom. The van der Waals surface area contributed by atoms with Gasteiger partial charge in [-0.15, -0.1) is 0 Å². The maximum atomic E-state index is 13.3. The number of benzene rings is 2. The molecule has 2 aromatic rings. The lowest BCUT2D eigenvalue weighted by Crippen LogP contribution is -2.36. The Balaban J connectivity index is 1.95. The van der Waals surface area contributed by atoms with Gasteiger partial charge in [0.15, 0.2) is 0 Å². The molecule has 8 heteroatoms. The summed E-state index contributed by atoms with van der Waals surface area (Å²) in [7, 11) is -3.88. The maximum Gasteiger partial charge on any atom is 0.262 e. The summed E-state index contributed by atoms with van der Waals surface area (Å²) >= 11 is 3.36. The molecule has 0 bridgehead atoms. The van der Waals surface area contributed by atoms with Crippen LogP contribution in [0.15, 0.2) is 51.8 Å². The monoisotopic (exact) mass is 414 g/mol. The smallest absolute Gasteiger partial charge is 0.262 e. The predicted molar refractivity (Wildman–Crippen MR) is 94.4 cm³/mol. The van der Waals surface area contributed by atoms with Crippen molar-refractivity contribution in [1.82, 2.24) is 0 Å². The van der Waals surface area contributed by atoms with Crippen LogP contribution in [0.5, 0.6) is 0 Å². The summed E-state index contributed by atoms with van der Waals surface area (Å²) < 4.78 is 47.1. The number of ether oxygens (including phenoxy) is 1. The summed E-state index contributed by atoms with van der Waals surface area (Å²) in [6.07, 6.45) is 0. The molecule has 1 fully saturated rings. The van der Waals surface area contributed by atoms with E-state index in [1.165, 1.54) is 18.2 Å². The molecule has 2 aromatic carbocycles. The number of nitrogens with one attached hydrogen (secondary N) is 1. The fourth-order valence-electron chi connectivity index (χ4n) is 2.51. The molecule has 128 valence electrons. The molecule has 0 radical (unpaired) electrons. The van der Waals surface area contributed by atoms with Crippen molar-refractivity contribution in [2.45, 2.75) is 4.90 Å². The molecule has 0 aliphatic carbocycles. The Morgan fingerprint density at radius 2 is 1.88 bits per heavy atom. The molecule has 0 unspecified atom stereocenters. The number of hydrogen-bond acceptors (Lipinski definition) is 4. The van der Waals surface area contributed by atoms with Crippen molar-refractivity contribution < 1.29 is 17.5 Å². The third kappa shape index (κ3) is 3.88. The van der Waals surface area contributed by atoms with Gasteiger partial charge >= 0.3 is 0 Å². The number of hydrogen-bond donors (Lipinski definition) is 1. The molecule has 0 amide bonds. The molecule has 5 nitrogen and oxygen atoms in total. The first-order valence-corrected chi connectivity index (χ1v) is 9.64. The Bertz CT molecular complexity index is 839. The van der Waals surface area contributed by atoms with Crippen LogP contribution >= 0.6 is 15.9 Å². The molecule has 1 heterocycles. The molecule has 1 N–H and O–H groups in total. The normalized spacial score (nSPS) is 15.3. The summed E-state index contributed by atoms with van der Waals surface area (Å²) in [4.78, 5) is 1.94. The van der Waals surface area contributed by atoms with E-state index in [1.54, 1.807) is 6.07 Å². The van der Waals surface area contributed by atoms with Crippen LogP contribution in [-0.4, -0.2) is 34.7 Å². The van der Waals surface area contributed by atoms with Crippen LogP contribution in [-0.2, 0) is 14.8 Å².